The van der Waals surface area contributed by atoms with E-state index in [1.807, 2.05) is 0 Å². The number of carbonyl (C=O) groups excluding carboxylic acids is 1. The Morgan fingerprint density at radius 3 is 2.18 bits per heavy atom. The first-order chi connectivity index (χ1) is 12.9. The number of sulfonamides is 1. The Hall–Kier alpha value is -2.20. The minimum absolute atomic E-state index is 0.00490. The summed E-state index contributed by atoms with van der Waals surface area (Å²) in [6.45, 7) is 3.42. The molecule has 0 heterocycles. The van der Waals surface area contributed by atoms with Crippen LogP contribution in [0.5, 0.6) is 0 Å². The number of rotatable bonds is 6. The number of hydrogen-bond acceptors (Lipinski definition) is 4. The molecule has 0 aliphatic rings. The Labute approximate surface area is 165 Å². The van der Waals surface area contributed by atoms with Gasteiger partial charge in [-0.2, -0.15) is 13.2 Å². The van der Waals surface area contributed by atoms with Gasteiger partial charge < -0.3 is 5.32 Å². The molecule has 1 amide bonds. The summed E-state index contributed by atoms with van der Waals surface area (Å²) in [5, 5.41) is 2.68. The maximum absolute atomic E-state index is 12.6. The highest BCUT2D eigenvalue weighted by Crippen LogP contribution is 2.31. The van der Waals surface area contributed by atoms with Crippen LogP contribution in [-0.2, 0) is 21.0 Å². The highest BCUT2D eigenvalue weighted by Gasteiger charge is 2.30. The van der Waals surface area contributed by atoms with Crippen molar-refractivity contribution in [3.63, 3.8) is 0 Å². The first-order valence-electron chi connectivity index (χ1n) is 8.13. The average Bonchev–Trinajstić information content (AvgIpc) is 2.60. The van der Waals surface area contributed by atoms with Gasteiger partial charge in [-0.3, -0.25) is 9.52 Å². The van der Waals surface area contributed by atoms with E-state index in [-0.39, 0.29) is 22.4 Å². The van der Waals surface area contributed by atoms with E-state index >= 15 is 0 Å². The molecule has 0 aromatic heterocycles. The van der Waals surface area contributed by atoms with E-state index in [0.29, 0.717) is 10.6 Å². The predicted molar refractivity (Wildman–Crippen MR) is 104 cm³/mol. The second kappa shape index (κ2) is 8.44. The Morgan fingerprint density at radius 1 is 1.07 bits per heavy atom. The van der Waals surface area contributed by atoms with Gasteiger partial charge in [0.2, 0.25) is 5.91 Å². The molecule has 10 heteroatoms. The summed E-state index contributed by atoms with van der Waals surface area (Å²) in [5.41, 5.74) is -0.533. The van der Waals surface area contributed by atoms with E-state index in [0.717, 1.165) is 24.3 Å². The van der Waals surface area contributed by atoms with Gasteiger partial charge in [0.15, 0.2) is 0 Å². The quantitative estimate of drug-likeness (QED) is 0.642. The second-order valence-electron chi connectivity index (χ2n) is 6.19. The van der Waals surface area contributed by atoms with Crippen LogP contribution in [0.3, 0.4) is 0 Å². The van der Waals surface area contributed by atoms with Gasteiger partial charge in [0.1, 0.15) is 0 Å². The lowest BCUT2D eigenvalue weighted by Gasteiger charge is -2.14. The SMILES string of the molecule is CSc1ccc(S(=O)(=O)Nc2ccc(C(F)(F)F)cc2)cc1NC(=O)C(C)C. The number of amides is 1. The largest absolute Gasteiger partial charge is 0.416 e. The van der Waals surface area contributed by atoms with Gasteiger partial charge in [0, 0.05) is 16.5 Å². The zero-order valence-corrected chi connectivity index (χ0v) is 16.9. The molecule has 2 aromatic carbocycles. The third kappa shape index (κ3) is 5.41. The highest BCUT2D eigenvalue weighted by atomic mass is 32.2. The fraction of sp³-hybridized carbons (Fsp3) is 0.278. The van der Waals surface area contributed by atoms with Crippen LogP contribution in [-0.4, -0.2) is 20.6 Å². The van der Waals surface area contributed by atoms with E-state index in [1.54, 1.807) is 26.2 Å². The summed E-state index contributed by atoms with van der Waals surface area (Å²) < 4.78 is 65.3. The fourth-order valence-corrected chi connectivity index (χ4v) is 3.79. The van der Waals surface area contributed by atoms with Crippen molar-refractivity contribution in [2.24, 2.45) is 5.92 Å². The molecule has 0 aliphatic heterocycles. The molecule has 152 valence electrons. The van der Waals surface area contributed by atoms with Gasteiger partial charge in [0.25, 0.3) is 10.0 Å². The van der Waals surface area contributed by atoms with Gasteiger partial charge in [0.05, 0.1) is 16.1 Å². The summed E-state index contributed by atoms with van der Waals surface area (Å²) in [4.78, 5) is 12.5. The Morgan fingerprint density at radius 2 is 1.68 bits per heavy atom. The first kappa shape index (κ1) is 22.1. The monoisotopic (exact) mass is 432 g/mol. The second-order valence-corrected chi connectivity index (χ2v) is 8.72. The van der Waals surface area contributed by atoms with E-state index in [1.165, 1.54) is 23.9 Å². The molecule has 0 unspecified atom stereocenters. The lowest BCUT2D eigenvalue weighted by Crippen LogP contribution is -2.19. The van der Waals surface area contributed by atoms with Crippen molar-refractivity contribution in [2.45, 2.75) is 29.8 Å². The van der Waals surface area contributed by atoms with Crippen LogP contribution >= 0.6 is 11.8 Å². The van der Waals surface area contributed by atoms with Crippen molar-refractivity contribution in [2.75, 3.05) is 16.3 Å². The summed E-state index contributed by atoms with van der Waals surface area (Å²) in [7, 11) is -4.06. The maximum atomic E-state index is 12.6. The van der Waals surface area contributed by atoms with E-state index < -0.39 is 21.8 Å². The van der Waals surface area contributed by atoms with Crippen molar-refractivity contribution >= 4 is 39.1 Å². The highest BCUT2D eigenvalue weighted by molar-refractivity contribution is 7.98. The molecule has 5 nitrogen and oxygen atoms in total. The molecule has 0 fully saturated rings. The molecular formula is C18H19F3N2O3S2. The molecule has 0 saturated carbocycles. The first-order valence-corrected chi connectivity index (χ1v) is 10.8. The summed E-state index contributed by atoms with van der Waals surface area (Å²) in [6.07, 6.45) is -2.72. The molecule has 2 rings (SSSR count). The molecule has 0 atom stereocenters. The standard InChI is InChI=1S/C18H19F3N2O3S2/c1-11(2)17(24)22-15-10-14(8-9-16(15)27-3)28(25,26)23-13-6-4-12(5-7-13)18(19,20)21/h4-11,23H,1-3H3,(H,22,24). The Balaban J connectivity index is 2.31. The van der Waals surface area contributed by atoms with E-state index in [2.05, 4.69) is 10.0 Å². The van der Waals surface area contributed by atoms with Crippen LogP contribution in [0.2, 0.25) is 0 Å². The lowest BCUT2D eigenvalue weighted by molar-refractivity contribution is -0.137. The number of nitrogens with one attached hydrogen (secondary N) is 2. The molecule has 0 radical (unpaired) electrons. The number of halogens is 3. The number of anilines is 2. The predicted octanol–water partition coefficient (Wildman–Crippen LogP) is 4.82. The van der Waals surface area contributed by atoms with E-state index in [4.69, 9.17) is 0 Å². The summed E-state index contributed by atoms with van der Waals surface area (Å²) >= 11 is 1.34. The number of alkyl halides is 3. The summed E-state index contributed by atoms with van der Waals surface area (Å²) in [6, 6.07) is 7.91. The molecule has 2 N–H and O–H groups in total. The van der Waals surface area contributed by atoms with Gasteiger partial charge in [-0.15, -0.1) is 11.8 Å². The average molecular weight is 432 g/mol. The van der Waals surface area contributed by atoms with Crippen molar-refractivity contribution in [1.29, 1.82) is 0 Å². The Kier molecular flexibility index (Phi) is 6.66. The number of benzene rings is 2. The third-order valence-electron chi connectivity index (χ3n) is 3.73. The number of thioether (sulfide) groups is 1. The van der Waals surface area contributed by atoms with Gasteiger partial charge in [-0.25, -0.2) is 8.42 Å². The molecular weight excluding hydrogens is 413 g/mol. The van der Waals surface area contributed by atoms with Gasteiger partial charge in [-0.1, -0.05) is 13.8 Å². The zero-order valence-electron chi connectivity index (χ0n) is 15.3. The smallest absolute Gasteiger partial charge is 0.325 e. The van der Waals surface area contributed by atoms with Gasteiger partial charge >= 0.3 is 6.18 Å². The normalized spacial score (nSPS) is 12.1. The molecule has 28 heavy (non-hydrogen) atoms. The van der Waals surface area contributed by atoms with Gasteiger partial charge in [-0.05, 0) is 48.7 Å². The topological polar surface area (TPSA) is 75.3 Å². The van der Waals surface area contributed by atoms with Crippen LogP contribution in [0.4, 0.5) is 24.5 Å². The molecule has 0 aliphatic carbocycles. The van der Waals surface area contributed by atoms with Crippen molar-refractivity contribution in [1.82, 2.24) is 0 Å². The third-order valence-corrected chi connectivity index (χ3v) is 5.90. The molecule has 0 bridgehead atoms. The minimum Gasteiger partial charge on any atom is -0.325 e. The number of carbonyl (C=O) groups is 1. The van der Waals surface area contributed by atoms with Crippen LogP contribution in [0.25, 0.3) is 0 Å². The summed E-state index contributed by atoms with van der Waals surface area (Å²) in [5.74, 6) is -0.555. The molecule has 0 saturated heterocycles. The van der Waals surface area contributed by atoms with Crippen molar-refractivity contribution in [3.8, 4) is 0 Å². The fourth-order valence-electron chi connectivity index (χ4n) is 2.17. The van der Waals surface area contributed by atoms with Crippen LogP contribution in [0, 0.1) is 5.92 Å². The van der Waals surface area contributed by atoms with Crippen LogP contribution in [0.15, 0.2) is 52.3 Å². The van der Waals surface area contributed by atoms with Crippen molar-refractivity contribution in [3.05, 3.63) is 48.0 Å². The van der Waals surface area contributed by atoms with Crippen molar-refractivity contribution < 1.29 is 26.4 Å². The van der Waals surface area contributed by atoms with E-state index in [9.17, 15) is 26.4 Å². The Bertz CT molecular complexity index is 957. The zero-order chi connectivity index (χ0) is 21.1. The maximum Gasteiger partial charge on any atom is 0.416 e. The lowest BCUT2D eigenvalue weighted by atomic mass is 10.2. The molecule has 2 aromatic rings. The number of hydrogen-bond donors (Lipinski definition) is 2. The van der Waals surface area contributed by atoms with Crippen LogP contribution < -0.4 is 10.0 Å². The molecule has 0 spiro atoms. The van der Waals surface area contributed by atoms with Crippen LogP contribution in [0.1, 0.15) is 19.4 Å². The minimum atomic E-state index is -4.51.